The Morgan fingerprint density at radius 1 is 1.10 bits per heavy atom. The third-order valence-electron chi connectivity index (χ3n) is 3.75. The summed E-state index contributed by atoms with van der Waals surface area (Å²) in [5.41, 5.74) is 1.39. The molecule has 1 aliphatic heterocycles. The molecule has 0 bridgehead atoms. The standard InChI is InChI=1S/C16H20N4/c1-2-5-14(6-3-1)11-15-12-17-9-10-20(15)13-16-18-7-4-8-19-16/h1-8,15,17H,9-13H2. The maximum absolute atomic E-state index is 4.34. The first kappa shape index (κ1) is 13.2. The maximum Gasteiger partial charge on any atom is 0.142 e. The summed E-state index contributed by atoms with van der Waals surface area (Å²) < 4.78 is 0. The van der Waals surface area contributed by atoms with Gasteiger partial charge >= 0.3 is 0 Å². The van der Waals surface area contributed by atoms with Crippen LogP contribution in [0, 0.1) is 0 Å². The van der Waals surface area contributed by atoms with Crippen LogP contribution in [0.15, 0.2) is 48.8 Å². The molecule has 3 rings (SSSR count). The summed E-state index contributed by atoms with van der Waals surface area (Å²) >= 11 is 0. The van der Waals surface area contributed by atoms with E-state index in [9.17, 15) is 0 Å². The Labute approximate surface area is 119 Å². The predicted molar refractivity (Wildman–Crippen MR) is 79.2 cm³/mol. The SMILES string of the molecule is c1ccc(CC2CNCCN2Cc2ncccn2)cc1. The Morgan fingerprint density at radius 3 is 2.70 bits per heavy atom. The lowest BCUT2D eigenvalue weighted by Crippen LogP contribution is -2.51. The van der Waals surface area contributed by atoms with Crippen LogP contribution in [0.4, 0.5) is 0 Å². The van der Waals surface area contributed by atoms with Gasteiger partial charge in [-0.05, 0) is 18.1 Å². The third kappa shape index (κ3) is 3.40. The van der Waals surface area contributed by atoms with E-state index in [1.165, 1.54) is 5.56 Å². The Hall–Kier alpha value is -1.78. The topological polar surface area (TPSA) is 41.0 Å². The van der Waals surface area contributed by atoms with E-state index < -0.39 is 0 Å². The summed E-state index contributed by atoms with van der Waals surface area (Å²) in [5, 5.41) is 3.49. The Morgan fingerprint density at radius 2 is 1.90 bits per heavy atom. The molecule has 1 N–H and O–H groups in total. The van der Waals surface area contributed by atoms with E-state index in [0.29, 0.717) is 6.04 Å². The lowest BCUT2D eigenvalue weighted by atomic mass is 10.0. The van der Waals surface area contributed by atoms with E-state index >= 15 is 0 Å². The van der Waals surface area contributed by atoms with Crippen molar-refractivity contribution in [2.45, 2.75) is 19.0 Å². The molecule has 104 valence electrons. The summed E-state index contributed by atoms with van der Waals surface area (Å²) in [5.74, 6) is 0.910. The Kier molecular flexibility index (Phi) is 4.35. The monoisotopic (exact) mass is 268 g/mol. The van der Waals surface area contributed by atoms with Gasteiger partial charge in [0.1, 0.15) is 5.82 Å². The first-order chi connectivity index (χ1) is 9.92. The normalized spacial score (nSPS) is 19.9. The van der Waals surface area contributed by atoms with Crippen molar-refractivity contribution in [1.29, 1.82) is 0 Å². The van der Waals surface area contributed by atoms with E-state index in [2.05, 4.69) is 50.5 Å². The van der Waals surface area contributed by atoms with Crippen LogP contribution in [-0.2, 0) is 13.0 Å². The lowest BCUT2D eigenvalue weighted by Gasteiger charge is -2.35. The van der Waals surface area contributed by atoms with Gasteiger partial charge in [0, 0.05) is 38.1 Å². The van der Waals surface area contributed by atoms with E-state index in [1.54, 1.807) is 0 Å². The van der Waals surface area contributed by atoms with Crippen molar-refractivity contribution in [3.63, 3.8) is 0 Å². The molecule has 1 fully saturated rings. The van der Waals surface area contributed by atoms with E-state index in [1.807, 2.05) is 18.5 Å². The van der Waals surface area contributed by atoms with Crippen molar-refractivity contribution in [2.24, 2.45) is 0 Å². The molecule has 1 unspecified atom stereocenters. The molecule has 0 spiro atoms. The Bertz CT molecular complexity index is 465. The van der Waals surface area contributed by atoms with Crippen LogP contribution in [0.25, 0.3) is 0 Å². The van der Waals surface area contributed by atoms with Crippen molar-refractivity contribution in [3.8, 4) is 0 Å². The molecule has 20 heavy (non-hydrogen) atoms. The molecule has 1 aromatic carbocycles. The molecule has 0 saturated carbocycles. The van der Waals surface area contributed by atoms with Crippen molar-refractivity contribution < 1.29 is 0 Å². The molecule has 2 aromatic rings. The summed E-state index contributed by atoms with van der Waals surface area (Å²) in [7, 11) is 0. The summed E-state index contributed by atoms with van der Waals surface area (Å²) in [4.78, 5) is 11.2. The van der Waals surface area contributed by atoms with Crippen LogP contribution in [0.5, 0.6) is 0 Å². The number of hydrogen-bond donors (Lipinski definition) is 1. The largest absolute Gasteiger partial charge is 0.314 e. The molecule has 1 aliphatic rings. The minimum atomic E-state index is 0.509. The Balaban J connectivity index is 1.68. The van der Waals surface area contributed by atoms with Gasteiger partial charge in [-0.25, -0.2) is 9.97 Å². The van der Waals surface area contributed by atoms with Gasteiger partial charge in [-0.3, -0.25) is 4.90 Å². The zero-order valence-electron chi connectivity index (χ0n) is 11.6. The van der Waals surface area contributed by atoms with Crippen LogP contribution in [0.1, 0.15) is 11.4 Å². The molecule has 1 aromatic heterocycles. The number of aromatic nitrogens is 2. The van der Waals surface area contributed by atoms with E-state index in [0.717, 1.165) is 38.4 Å². The van der Waals surface area contributed by atoms with Crippen LogP contribution in [-0.4, -0.2) is 40.5 Å². The highest BCUT2D eigenvalue weighted by atomic mass is 15.2. The van der Waals surface area contributed by atoms with Crippen molar-refractivity contribution in [1.82, 2.24) is 20.2 Å². The summed E-state index contributed by atoms with van der Waals surface area (Å²) in [6.07, 6.45) is 4.70. The van der Waals surface area contributed by atoms with Gasteiger partial charge in [0.15, 0.2) is 0 Å². The zero-order chi connectivity index (χ0) is 13.6. The van der Waals surface area contributed by atoms with Crippen LogP contribution in [0.2, 0.25) is 0 Å². The summed E-state index contributed by atoms with van der Waals surface area (Å²) in [6.45, 7) is 3.95. The number of hydrogen-bond acceptors (Lipinski definition) is 4. The number of rotatable bonds is 4. The smallest absolute Gasteiger partial charge is 0.142 e. The number of benzene rings is 1. The average molecular weight is 268 g/mol. The minimum absolute atomic E-state index is 0.509. The second-order valence-electron chi connectivity index (χ2n) is 5.18. The van der Waals surface area contributed by atoms with Crippen molar-refractivity contribution in [2.75, 3.05) is 19.6 Å². The van der Waals surface area contributed by atoms with Crippen LogP contribution < -0.4 is 5.32 Å². The highest BCUT2D eigenvalue weighted by Crippen LogP contribution is 2.13. The van der Waals surface area contributed by atoms with Crippen molar-refractivity contribution >= 4 is 0 Å². The van der Waals surface area contributed by atoms with E-state index in [-0.39, 0.29) is 0 Å². The molecular weight excluding hydrogens is 248 g/mol. The fraction of sp³-hybridized carbons (Fsp3) is 0.375. The maximum atomic E-state index is 4.34. The number of nitrogens with zero attached hydrogens (tertiary/aromatic N) is 3. The number of nitrogens with one attached hydrogen (secondary N) is 1. The third-order valence-corrected chi connectivity index (χ3v) is 3.75. The first-order valence-corrected chi connectivity index (χ1v) is 7.16. The molecule has 0 radical (unpaired) electrons. The fourth-order valence-electron chi connectivity index (χ4n) is 2.69. The highest BCUT2D eigenvalue weighted by molar-refractivity contribution is 5.16. The van der Waals surface area contributed by atoms with Gasteiger partial charge in [0.05, 0.1) is 6.54 Å². The zero-order valence-corrected chi connectivity index (χ0v) is 11.6. The summed E-state index contributed by atoms with van der Waals surface area (Å²) in [6, 6.07) is 13.1. The van der Waals surface area contributed by atoms with Gasteiger partial charge in [0.2, 0.25) is 0 Å². The molecular formula is C16H20N4. The van der Waals surface area contributed by atoms with Crippen LogP contribution in [0.3, 0.4) is 0 Å². The molecule has 4 heteroatoms. The minimum Gasteiger partial charge on any atom is -0.314 e. The first-order valence-electron chi connectivity index (χ1n) is 7.16. The number of piperazine rings is 1. The molecule has 0 aliphatic carbocycles. The van der Waals surface area contributed by atoms with Gasteiger partial charge in [-0.1, -0.05) is 30.3 Å². The molecule has 2 heterocycles. The lowest BCUT2D eigenvalue weighted by molar-refractivity contribution is 0.148. The molecule has 1 saturated heterocycles. The van der Waals surface area contributed by atoms with Gasteiger partial charge < -0.3 is 5.32 Å². The highest BCUT2D eigenvalue weighted by Gasteiger charge is 2.22. The molecule has 1 atom stereocenters. The van der Waals surface area contributed by atoms with Crippen LogP contribution >= 0.6 is 0 Å². The predicted octanol–water partition coefficient (Wildman–Crippen LogP) is 1.49. The second-order valence-corrected chi connectivity index (χ2v) is 5.18. The van der Waals surface area contributed by atoms with Gasteiger partial charge in [-0.15, -0.1) is 0 Å². The van der Waals surface area contributed by atoms with Crippen molar-refractivity contribution in [3.05, 3.63) is 60.2 Å². The van der Waals surface area contributed by atoms with Gasteiger partial charge in [0.25, 0.3) is 0 Å². The average Bonchev–Trinajstić information content (AvgIpc) is 2.51. The second kappa shape index (κ2) is 6.59. The quantitative estimate of drug-likeness (QED) is 0.912. The fourth-order valence-corrected chi connectivity index (χ4v) is 2.69. The van der Waals surface area contributed by atoms with Gasteiger partial charge in [-0.2, -0.15) is 0 Å². The molecule has 4 nitrogen and oxygen atoms in total. The molecule has 0 amide bonds. The van der Waals surface area contributed by atoms with E-state index in [4.69, 9.17) is 0 Å².